The molecule has 0 spiro atoms. The first-order valence-corrected chi connectivity index (χ1v) is 11.7. The summed E-state index contributed by atoms with van der Waals surface area (Å²) in [7, 11) is 0. The van der Waals surface area contributed by atoms with Crippen molar-refractivity contribution in [2.75, 3.05) is 6.61 Å². The monoisotopic (exact) mass is 484 g/mol. The summed E-state index contributed by atoms with van der Waals surface area (Å²) in [5.41, 5.74) is -0.352. The van der Waals surface area contributed by atoms with E-state index in [2.05, 4.69) is 0 Å². The molecule has 178 valence electrons. The highest BCUT2D eigenvalue weighted by Crippen LogP contribution is 2.47. The van der Waals surface area contributed by atoms with E-state index in [9.17, 15) is 9.59 Å². The van der Waals surface area contributed by atoms with Gasteiger partial charge in [-0.15, -0.1) is 0 Å². The quantitative estimate of drug-likeness (QED) is 0.360. The van der Waals surface area contributed by atoms with Gasteiger partial charge in [-0.3, -0.25) is 0 Å². The minimum absolute atomic E-state index is 0.294. The fourth-order valence-corrected chi connectivity index (χ4v) is 4.68. The van der Waals surface area contributed by atoms with Crippen molar-refractivity contribution in [3.8, 4) is 5.75 Å². The predicted octanol–water partition coefficient (Wildman–Crippen LogP) is 5.43. The van der Waals surface area contributed by atoms with Crippen LogP contribution in [0.25, 0.3) is 11.0 Å². The number of fused-ring (bicyclic) bond motifs is 3. The van der Waals surface area contributed by atoms with Crippen molar-refractivity contribution in [2.45, 2.75) is 57.2 Å². The van der Waals surface area contributed by atoms with Gasteiger partial charge in [-0.05, 0) is 69.5 Å². The van der Waals surface area contributed by atoms with Crippen molar-refractivity contribution in [2.24, 2.45) is 0 Å². The molecule has 0 radical (unpaired) electrons. The highest BCUT2D eigenvalue weighted by atomic mass is 35.5. The molecular formula is C26H25ClO7. The lowest BCUT2D eigenvalue weighted by Gasteiger charge is -2.45. The number of carbonyl (C=O) groups excluding carboxylic acids is 1. The van der Waals surface area contributed by atoms with Gasteiger partial charge in [-0.25, -0.2) is 9.59 Å². The van der Waals surface area contributed by atoms with Gasteiger partial charge in [0.1, 0.15) is 23.0 Å². The van der Waals surface area contributed by atoms with Crippen LogP contribution in [0.4, 0.5) is 0 Å². The van der Waals surface area contributed by atoms with E-state index in [1.54, 1.807) is 42.5 Å². The van der Waals surface area contributed by atoms with E-state index in [-0.39, 0.29) is 0 Å². The van der Waals surface area contributed by atoms with Gasteiger partial charge in [0, 0.05) is 23.1 Å². The number of hydrogen-bond acceptors (Lipinski definition) is 7. The summed E-state index contributed by atoms with van der Waals surface area (Å²) in [6, 6.07) is 13.1. The molecule has 2 aliphatic rings. The van der Waals surface area contributed by atoms with Crippen molar-refractivity contribution in [3.63, 3.8) is 0 Å². The molecule has 0 bridgehead atoms. The topological polar surface area (TPSA) is 84.2 Å². The molecule has 1 unspecified atom stereocenters. The van der Waals surface area contributed by atoms with Gasteiger partial charge < -0.3 is 23.4 Å². The largest absolute Gasteiger partial charge is 0.484 e. The number of carbonyl (C=O) groups is 1. The van der Waals surface area contributed by atoms with Crippen molar-refractivity contribution >= 4 is 28.5 Å². The lowest BCUT2D eigenvalue weighted by Crippen LogP contribution is -2.53. The second-order valence-corrected chi connectivity index (χ2v) is 9.48. The van der Waals surface area contributed by atoms with E-state index in [0.717, 1.165) is 19.3 Å². The SMILES string of the molecule is CC1(C)Oc2ccc3ccc(=O)oc3c2[C@@H](OC(=O)c2cccc(Cl)c2)[C@@H]1OC1CCCCO1. The summed E-state index contributed by atoms with van der Waals surface area (Å²) < 4.78 is 30.1. The minimum atomic E-state index is -0.926. The van der Waals surface area contributed by atoms with Crippen molar-refractivity contribution in [3.05, 3.63) is 75.1 Å². The highest BCUT2D eigenvalue weighted by molar-refractivity contribution is 6.30. The third-order valence-corrected chi connectivity index (χ3v) is 6.37. The lowest BCUT2D eigenvalue weighted by atomic mass is 9.87. The maximum atomic E-state index is 13.2. The summed E-state index contributed by atoms with van der Waals surface area (Å²) in [4.78, 5) is 25.3. The van der Waals surface area contributed by atoms with E-state index < -0.39 is 35.7 Å². The van der Waals surface area contributed by atoms with Crippen LogP contribution in [-0.4, -0.2) is 30.6 Å². The van der Waals surface area contributed by atoms with Crippen molar-refractivity contribution < 1.29 is 28.2 Å². The van der Waals surface area contributed by atoms with Crippen LogP contribution in [0.3, 0.4) is 0 Å². The third kappa shape index (κ3) is 4.43. The van der Waals surface area contributed by atoms with E-state index in [0.29, 0.717) is 39.5 Å². The smallest absolute Gasteiger partial charge is 0.338 e. The minimum Gasteiger partial charge on any atom is -0.484 e. The van der Waals surface area contributed by atoms with E-state index >= 15 is 0 Å². The average molecular weight is 485 g/mol. The molecule has 8 heteroatoms. The Labute approximate surface area is 201 Å². The lowest BCUT2D eigenvalue weighted by molar-refractivity contribution is -0.245. The molecule has 34 heavy (non-hydrogen) atoms. The number of ether oxygens (including phenoxy) is 4. The summed E-state index contributed by atoms with van der Waals surface area (Å²) >= 11 is 6.09. The zero-order chi connectivity index (χ0) is 23.9. The average Bonchev–Trinajstić information content (AvgIpc) is 2.81. The number of hydrogen-bond donors (Lipinski definition) is 0. The number of benzene rings is 2. The Morgan fingerprint density at radius 1 is 1.12 bits per heavy atom. The molecule has 0 N–H and O–H groups in total. The number of rotatable bonds is 4. The number of esters is 1. The van der Waals surface area contributed by atoms with Gasteiger partial charge in [0.25, 0.3) is 0 Å². The summed E-state index contributed by atoms with van der Waals surface area (Å²) in [6.07, 6.45) is 0.542. The van der Waals surface area contributed by atoms with Gasteiger partial charge in [0.15, 0.2) is 12.4 Å². The standard InChI is InChI=1S/C26H25ClO7/c1-26(2)24(32-20-8-3-4-13-30-20)23(33-25(29)16-6-5-7-17(27)14-16)21-18(34-26)11-9-15-10-12-19(28)31-22(15)21/h5-7,9-12,14,20,23-24H,3-4,8,13H2,1-2H3/t20?,23-,24+/m1/s1. The van der Waals surface area contributed by atoms with Crippen LogP contribution in [0.1, 0.15) is 55.1 Å². The summed E-state index contributed by atoms with van der Waals surface area (Å²) in [5.74, 6) is -0.121. The van der Waals surface area contributed by atoms with E-state index in [1.165, 1.54) is 6.07 Å². The van der Waals surface area contributed by atoms with Crippen LogP contribution in [-0.2, 0) is 14.2 Å². The Morgan fingerprint density at radius 3 is 2.71 bits per heavy atom. The third-order valence-electron chi connectivity index (χ3n) is 6.14. The van der Waals surface area contributed by atoms with Crippen LogP contribution in [0.2, 0.25) is 5.02 Å². The second-order valence-electron chi connectivity index (χ2n) is 9.04. The molecule has 3 atom stereocenters. The van der Waals surface area contributed by atoms with Gasteiger partial charge in [0.2, 0.25) is 0 Å². The molecule has 1 fully saturated rings. The van der Waals surface area contributed by atoms with Crippen LogP contribution >= 0.6 is 11.6 Å². The maximum Gasteiger partial charge on any atom is 0.338 e. The Hall–Kier alpha value is -2.87. The first-order valence-electron chi connectivity index (χ1n) is 11.3. The molecule has 2 aliphatic heterocycles. The zero-order valence-corrected chi connectivity index (χ0v) is 19.7. The van der Waals surface area contributed by atoms with Crippen LogP contribution in [0, 0.1) is 0 Å². The van der Waals surface area contributed by atoms with E-state index in [4.69, 9.17) is 35.0 Å². The maximum absolute atomic E-state index is 13.2. The Kier molecular flexibility index (Phi) is 6.10. The zero-order valence-electron chi connectivity index (χ0n) is 18.9. The van der Waals surface area contributed by atoms with Gasteiger partial charge in [-0.1, -0.05) is 17.7 Å². The molecule has 0 aliphatic carbocycles. The van der Waals surface area contributed by atoms with Gasteiger partial charge in [0.05, 0.1) is 11.1 Å². The fraction of sp³-hybridized carbons (Fsp3) is 0.385. The normalized spacial score (nSPS) is 23.7. The van der Waals surface area contributed by atoms with Crippen molar-refractivity contribution in [1.29, 1.82) is 0 Å². The van der Waals surface area contributed by atoms with E-state index in [1.807, 2.05) is 13.8 Å². The Morgan fingerprint density at radius 2 is 1.94 bits per heavy atom. The molecule has 7 nitrogen and oxygen atoms in total. The molecular weight excluding hydrogens is 460 g/mol. The fourth-order valence-electron chi connectivity index (χ4n) is 4.49. The Balaban J connectivity index is 1.62. The second kappa shape index (κ2) is 9.06. The molecule has 3 aromatic rings. The number of halogens is 1. The van der Waals surface area contributed by atoms with Crippen LogP contribution in [0.5, 0.6) is 5.75 Å². The molecule has 1 saturated heterocycles. The van der Waals surface area contributed by atoms with Crippen LogP contribution in [0.15, 0.2) is 57.7 Å². The first-order chi connectivity index (χ1) is 16.3. The van der Waals surface area contributed by atoms with Gasteiger partial charge in [-0.2, -0.15) is 0 Å². The molecule has 3 heterocycles. The summed E-state index contributed by atoms with van der Waals surface area (Å²) in [6.45, 7) is 4.34. The molecule has 0 amide bonds. The summed E-state index contributed by atoms with van der Waals surface area (Å²) in [5, 5.41) is 1.10. The van der Waals surface area contributed by atoms with Crippen LogP contribution < -0.4 is 10.4 Å². The predicted molar refractivity (Wildman–Crippen MR) is 125 cm³/mol. The highest BCUT2D eigenvalue weighted by Gasteiger charge is 2.49. The Bertz CT molecular complexity index is 1280. The molecule has 1 aromatic heterocycles. The van der Waals surface area contributed by atoms with Gasteiger partial charge >= 0.3 is 11.6 Å². The van der Waals surface area contributed by atoms with Crippen molar-refractivity contribution in [1.82, 2.24) is 0 Å². The first kappa shape index (κ1) is 22.9. The molecule has 0 saturated carbocycles. The molecule has 2 aromatic carbocycles. The molecule has 5 rings (SSSR count).